The molecule has 2 unspecified atom stereocenters. The maximum Gasteiger partial charge on any atom is 0.0483 e. The van der Waals surface area contributed by atoms with Crippen LogP contribution in [0, 0.1) is 0 Å². The Morgan fingerprint density at radius 2 is 1.86 bits per heavy atom. The molecule has 0 radical (unpaired) electrons. The highest BCUT2D eigenvalue weighted by atomic mass is 79.9. The molecule has 1 aromatic rings. The van der Waals surface area contributed by atoms with Gasteiger partial charge in [0.2, 0.25) is 0 Å². The van der Waals surface area contributed by atoms with Crippen LogP contribution in [0.2, 0.25) is 5.02 Å². The van der Waals surface area contributed by atoms with Crippen LogP contribution in [0.4, 0.5) is 0 Å². The molecule has 5 heteroatoms. The highest BCUT2D eigenvalue weighted by Gasteiger charge is 2.26. The van der Waals surface area contributed by atoms with Crippen molar-refractivity contribution in [3.63, 3.8) is 0 Å². The third-order valence-electron chi connectivity index (χ3n) is 4.54. The molecular formula is C16H25BrClN3. The van der Waals surface area contributed by atoms with Gasteiger partial charge in [0, 0.05) is 54.3 Å². The van der Waals surface area contributed by atoms with Gasteiger partial charge in [-0.25, -0.2) is 0 Å². The van der Waals surface area contributed by atoms with Gasteiger partial charge in [0.1, 0.15) is 0 Å². The summed E-state index contributed by atoms with van der Waals surface area (Å²) in [5.74, 6) is 0. The lowest BCUT2D eigenvalue weighted by Gasteiger charge is -2.41. The Kier molecular flexibility index (Phi) is 6.51. The van der Waals surface area contributed by atoms with E-state index in [2.05, 4.69) is 39.6 Å². The van der Waals surface area contributed by atoms with Crippen LogP contribution >= 0.6 is 27.5 Å². The van der Waals surface area contributed by atoms with Gasteiger partial charge < -0.3 is 5.73 Å². The van der Waals surface area contributed by atoms with Crippen molar-refractivity contribution >= 4 is 27.5 Å². The summed E-state index contributed by atoms with van der Waals surface area (Å²) in [7, 11) is 0. The third-order valence-corrected chi connectivity index (χ3v) is 5.50. The summed E-state index contributed by atoms with van der Waals surface area (Å²) in [6.45, 7) is 9.53. The number of nitrogens with zero attached hydrogens (tertiary/aromatic N) is 2. The molecule has 2 rings (SSSR count). The van der Waals surface area contributed by atoms with E-state index < -0.39 is 0 Å². The summed E-state index contributed by atoms with van der Waals surface area (Å²) in [6.07, 6.45) is 1.21. The van der Waals surface area contributed by atoms with Crippen LogP contribution in [0.1, 0.15) is 31.9 Å². The van der Waals surface area contributed by atoms with E-state index in [9.17, 15) is 0 Å². The number of hydrogen-bond acceptors (Lipinski definition) is 3. The van der Waals surface area contributed by atoms with Crippen molar-refractivity contribution in [2.45, 2.75) is 32.4 Å². The van der Waals surface area contributed by atoms with Crippen LogP contribution in [0.5, 0.6) is 0 Å². The topological polar surface area (TPSA) is 32.5 Å². The van der Waals surface area contributed by atoms with Crippen LogP contribution < -0.4 is 5.73 Å². The van der Waals surface area contributed by atoms with E-state index in [0.717, 1.165) is 35.7 Å². The number of rotatable bonds is 5. The van der Waals surface area contributed by atoms with Gasteiger partial charge in [0.05, 0.1) is 0 Å². The second-order valence-electron chi connectivity index (χ2n) is 5.75. The standard InChI is InChI=1S/C16H25BrClN3/c1-3-12(2)20-6-8-21(9-7-20)16(11-19)14-10-13(18)4-5-15(14)17/h4-5,10,12,16H,3,6-9,11,19H2,1-2H3. The first-order valence-corrected chi connectivity index (χ1v) is 8.87. The molecule has 2 atom stereocenters. The highest BCUT2D eigenvalue weighted by Crippen LogP contribution is 2.30. The number of piperazine rings is 1. The SMILES string of the molecule is CCC(C)N1CCN(C(CN)c2cc(Cl)ccc2Br)CC1. The Morgan fingerprint density at radius 3 is 2.43 bits per heavy atom. The van der Waals surface area contributed by atoms with E-state index in [4.69, 9.17) is 17.3 Å². The van der Waals surface area contributed by atoms with Gasteiger partial charge in [-0.2, -0.15) is 0 Å². The summed E-state index contributed by atoms with van der Waals surface area (Å²) >= 11 is 9.79. The summed E-state index contributed by atoms with van der Waals surface area (Å²) in [6, 6.07) is 6.85. The van der Waals surface area contributed by atoms with Crippen molar-refractivity contribution in [2.75, 3.05) is 32.7 Å². The predicted octanol–water partition coefficient (Wildman–Crippen LogP) is 3.52. The van der Waals surface area contributed by atoms with E-state index in [1.54, 1.807) is 0 Å². The molecule has 118 valence electrons. The zero-order chi connectivity index (χ0) is 15.4. The molecule has 1 aliphatic rings. The fourth-order valence-electron chi connectivity index (χ4n) is 2.99. The fraction of sp³-hybridized carbons (Fsp3) is 0.625. The van der Waals surface area contributed by atoms with Crippen LogP contribution in [-0.2, 0) is 0 Å². The molecule has 1 fully saturated rings. The molecule has 1 aromatic carbocycles. The minimum absolute atomic E-state index is 0.233. The molecular weight excluding hydrogens is 350 g/mol. The van der Waals surface area contributed by atoms with E-state index in [1.165, 1.54) is 12.0 Å². The van der Waals surface area contributed by atoms with Crippen molar-refractivity contribution in [2.24, 2.45) is 5.73 Å². The monoisotopic (exact) mass is 373 g/mol. The average Bonchev–Trinajstić information content (AvgIpc) is 2.51. The third kappa shape index (κ3) is 4.20. The van der Waals surface area contributed by atoms with Crippen LogP contribution in [0.25, 0.3) is 0 Å². The quantitative estimate of drug-likeness (QED) is 0.856. The largest absolute Gasteiger partial charge is 0.329 e. The van der Waals surface area contributed by atoms with E-state index in [0.29, 0.717) is 12.6 Å². The molecule has 1 saturated heterocycles. The maximum atomic E-state index is 6.15. The number of hydrogen-bond donors (Lipinski definition) is 1. The van der Waals surface area contributed by atoms with Crippen molar-refractivity contribution in [1.29, 1.82) is 0 Å². The molecule has 0 bridgehead atoms. The number of benzene rings is 1. The summed E-state index contributed by atoms with van der Waals surface area (Å²) in [5, 5.41) is 0.768. The molecule has 0 aromatic heterocycles. The number of nitrogens with two attached hydrogens (primary N) is 1. The minimum Gasteiger partial charge on any atom is -0.329 e. The Morgan fingerprint density at radius 1 is 1.24 bits per heavy atom. The van der Waals surface area contributed by atoms with E-state index >= 15 is 0 Å². The van der Waals surface area contributed by atoms with Crippen molar-refractivity contribution in [3.8, 4) is 0 Å². The van der Waals surface area contributed by atoms with Gasteiger partial charge in [0.15, 0.2) is 0 Å². The molecule has 3 nitrogen and oxygen atoms in total. The second-order valence-corrected chi connectivity index (χ2v) is 7.04. The maximum absolute atomic E-state index is 6.15. The van der Waals surface area contributed by atoms with Crippen molar-refractivity contribution in [1.82, 2.24) is 9.80 Å². The molecule has 0 spiro atoms. The van der Waals surface area contributed by atoms with Crippen LogP contribution in [0.3, 0.4) is 0 Å². The summed E-state index contributed by atoms with van der Waals surface area (Å²) in [5.41, 5.74) is 7.25. The lowest BCUT2D eigenvalue weighted by molar-refractivity contribution is 0.0742. The first-order chi connectivity index (χ1) is 10.1. The zero-order valence-corrected chi connectivity index (χ0v) is 15.2. The first-order valence-electron chi connectivity index (χ1n) is 7.70. The van der Waals surface area contributed by atoms with E-state index in [1.807, 2.05) is 18.2 Å². The number of halogens is 2. The van der Waals surface area contributed by atoms with Gasteiger partial charge >= 0.3 is 0 Å². The minimum atomic E-state index is 0.233. The second kappa shape index (κ2) is 7.93. The van der Waals surface area contributed by atoms with Gasteiger partial charge in [-0.05, 0) is 37.1 Å². The van der Waals surface area contributed by atoms with Crippen LogP contribution in [-0.4, -0.2) is 48.6 Å². The Hall–Kier alpha value is -0.130. The lowest BCUT2D eigenvalue weighted by Crippen LogP contribution is -2.51. The van der Waals surface area contributed by atoms with Gasteiger partial charge in [-0.15, -0.1) is 0 Å². The highest BCUT2D eigenvalue weighted by molar-refractivity contribution is 9.10. The Bertz CT molecular complexity index is 461. The van der Waals surface area contributed by atoms with Gasteiger partial charge in [-0.3, -0.25) is 9.80 Å². The van der Waals surface area contributed by atoms with Crippen LogP contribution in [0.15, 0.2) is 22.7 Å². The summed E-state index contributed by atoms with van der Waals surface area (Å²) in [4.78, 5) is 5.05. The molecule has 0 saturated carbocycles. The fourth-order valence-corrected chi connectivity index (χ4v) is 3.68. The zero-order valence-electron chi connectivity index (χ0n) is 12.9. The van der Waals surface area contributed by atoms with Crippen molar-refractivity contribution in [3.05, 3.63) is 33.3 Å². The molecule has 1 aliphatic heterocycles. The van der Waals surface area contributed by atoms with E-state index in [-0.39, 0.29) is 6.04 Å². The normalized spacial score (nSPS) is 20.4. The average molecular weight is 375 g/mol. The first kappa shape index (κ1) is 17.2. The smallest absolute Gasteiger partial charge is 0.0483 e. The van der Waals surface area contributed by atoms with Crippen molar-refractivity contribution < 1.29 is 0 Å². The predicted molar refractivity (Wildman–Crippen MR) is 93.8 cm³/mol. The molecule has 1 heterocycles. The molecule has 2 N–H and O–H groups in total. The summed E-state index contributed by atoms with van der Waals surface area (Å²) < 4.78 is 1.09. The molecule has 0 amide bonds. The van der Waals surface area contributed by atoms with Gasteiger partial charge in [-0.1, -0.05) is 34.5 Å². The molecule has 0 aliphatic carbocycles. The Labute approximate surface area is 141 Å². The Balaban J connectivity index is 2.08. The van der Waals surface area contributed by atoms with Gasteiger partial charge in [0.25, 0.3) is 0 Å². The lowest BCUT2D eigenvalue weighted by atomic mass is 10.0. The molecule has 21 heavy (non-hydrogen) atoms.